The monoisotopic (exact) mass is 346 g/mol. The van der Waals surface area contributed by atoms with Crippen LogP contribution in [0.25, 0.3) is 0 Å². The van der Waals surface area contributed by atoms with Crippen molar-refractivity contribution >= 4 is 26.2 Å². The molecular weight excluding hydrogens is 320 g/mol. The smallest absolute Gasteiger partial charge is 0.276 e. The average Bonchev–Trinajstić information content (AvgIpc) is 2.52. The molecule has 0 fully saturated rings. The molecule has 0 saturated carbocycles. The van der Waals surface area contributed by atoms with E-state index in [1.54, 1.807) is 24.3 Å². The summed E-state index contributed by atoms with van der Waals surface area (Å²) in [5, 5.41) is 0. The molecule has 0 saturated heterocycles. The highest BCUT2D eigenvalue weighted by Crippen LogP contribution is 2.50. The Labute approximate surface area is 135 Å². The van der Waals surface area contributed by atoms with Crippen LogP contribution in [-0.2, 0) is 13.7 Å². The van der Waals surface area contributed by atoms with Gasteiger partial charge in [0, 0.05) is 5.56 Å². The van der Waals surface area contributed by atoms with Crippen molar-refractivity contribution < 1.29 is 16.8 Å². The number of Topliss-reactive ketones (excluding diaryl/α,β-unsaturated/α-hetero) is 1. The Morgan fingerprint density at radius 2 is 1.64 bits per heavy atom. The van der Waals surface area contributed by atoms with E-state index in [1.165, 1.54) is 0 Å². The first-order chi connectivity index (χ1) is 10.4. The Hall–Kier alpha value is -0.850. The quantitative estimate of drug-likeness (QED) is 0.605. The van der Waals surface area contributed by atoms with Gasteiger partial charge < -0.3 is 0 Å². The molecule has 0 bridgehead atoms. The summed E-state index contributed by atoms with van der Waals surface area (Å²) in [4.78, 5) is 12.4. The van der Waals surface area contributed by atoms with Gasteiger partial charge in [-0.05, 0) is 17.9 Å². The molecule has 0 aliphatic carbocycles. The van der Waals surface area contributed by atoms with Gasteiger partial charge in [0.1, 0.15) is 0 Å². The molecule has 1 aromatic rings. The van der Waals surface area contributed by atoms with Gasteiger partial charge in [-0.3, -0.25) is 4.79 Å². The molecule has 0 N–H and O–H groups in total. The van der Waals surface area contributed by atoms with E-state index in [0.717, 1.165) is 6.42 Å². The van der Waals surface area contributed by atoms with Gasteiger partial charge in [0.15, 0.2) is 5.78 Å². The summed E-state index contributed by atoms with van der Waals surface area (Å²) in [5.41, 5.74) is 0.607. The molecular formula is C16H26O4S2. The maximum atomic E-state index is 12.4. The third-order valence-corrected chi connectivity index (χ3v) is 9.20. The van der Waals surface area contributed by atoms with Gasteiger partial charge in [-0.2, -0.15) is 8.42 Å². The van der Waals surface area contributed by atoms with Crippen LogP contribution >= 0.6 is 10.3 Å². The molecule has 0 radical (unpaired) electrons. The van der Waals surface area contributed by atoms with Crippen LogP contribution in [0.1, 0.15) is 44.0 Å². The van der Waals surface area contributed by atoms with Crippen LogP contribution < -0.4 is 0 Å². The molecule has 0 aromatic heterocycles. The van der Waals surface area contributed by atoms with Crippen LogP contribution in [0.3, 0.4) is 0 Å². The maximum Gasteiger partial charge on any atom is 0.276 e. The summed E-state index contributed by atoms with van der Waals surface area (Å²) in [6.07, 6.45) is 1.38. The lowest BCUT2D eigenvalue weighted by Crippen LogP contribution is -2.24. The van der Waals surface area contributed by atoms with Crippen LogP contribution in [0.4, 0.5) is 0 Å². The molecule has 0 spiro atoms. The minimum absolute atomic E-state index is 0.0256. The fraction of sp³-hybridized carbons (Fsp3) is 0.562. The summed E-state index contributed by atoms with van der Waals surface area (Å²) in [7, 11) is -5.51. The molecule has 0 aliphatic heterocycles. The summed E-state index contributed by atoms with van der Waals surface area (Å²) in [5.74, 6) is 1.26. The van der Waals surface area contributed by atoms with E-state index in [-0.39, 0.29) is 17.3 Å². The summed E-state index contributed by atoms with van der Waals surface area (Å²) >= 11 is 0. The van der Waals surface area contributed by atoms with E-state index in [9.17, 15) is 13.2 Å². The Kier molecular flexibility index (Phi) is 7.59. The molecule has 0 aliphatic rings. The van der Waals surface area contributed by atoms with Gasteiger partial charge in [0.25, 0.3) is 10.1 Å². The lowest BCUT2D eigenvalue weighted by atomic mass is 10.2. The van der Waals surface area contributed by atoms with Gasteiger partial charge in [0.2, 0.25) is 0 Å². The van der Waals surface area contributed by atoms with E-state index in [1.807, 2.05) is 26.8 Å². The fourth-order valence-electron chi connectivity index (χ4n) is 2.05. The molecule has 22 heavy (non-hydrogen) atoms. The topological polar surface area (TPSA) is 60.4 Å². The van der Waals surface area contributed by atoms with E-state index in [0.29, 0.717) is 23.5 Å². The van der Waals surface area contributed by atoms with Crippen LogP contribution in [-0.4, -0.2) is 37.2 Å². The molecule has 6 heteroatoms. The van der Waals surface area contributed by atoms with E-state index < -0.39 is 20.4 Å². The largest absolute Gasteiger partial charge is 0.293 e. The highest BCUT2D eigenvalue weighted by atomic mass is 32.3. The average molecular weight is 347 g/mol. The molecule has 0 unspecified atom stereocenters. The number of unbranched alkanes of at least 4 members (excludes halogenated alkanes) is 1. The van der Waals surface area contributed by atoms with Crippen molar-refractivity contribution in [1.82, 2.24) is 0 Å². The van der Waals surface area contributed by atoms with Crippen LogP contribution in [0.2, 0.25) is 0 Å². The number of hydrogen-bond acceptors (Lipinski definition) is 4. The third kappa shape index (κ3) is 5.74. The van der Waals surface area contributed by atoms with Gasteiger partial charge >= 0.3 is 0 Å². The zero-order chi connectivity index (χ0) is 16.6. The van der Waals surface area contributed by atoms with Gasteiger partial charge in [-0.1, -0.05) is 57.5 Å². The van der Waals surface area contributed by atoms with Crippen molar-refractivity contribution in [2.45, 2.75) is 33.6 Å². The predicted molar refractivity (Wildman–Crippen MR) is 94.1 cm³/mol. The normalized spacial score (nSPS) is 13.0. The number of ketones is 1. The Morgan fingerprint density at radius 1 is 1.05 bits per heavy atom. The molecule has 0 amide bonds. The van der Waals surface area contributed by atoms with Crippen molar-refractivity contribution in [3.05, 3.63) is 35.9 Å². The van der Waals surface area contributed by atoms with Crippen molar-refractivity contribution in [3.63, 3.8) is 0 Å². The van der Waals surface area contributed by atoms with Crippen molar-refractivity contribution in [2.24, 2.45) is 0 Å². The molecule has 0 atom stereocenters. The SMILES string of the molecule is CCCCS(=O)(=O)OS(CC)(CC)CC(=O)c1ccccc1. The number of carbonyl (C=O) groups excluding carboxylic acids is 1. The zero-order valence-electron chi connectivity index (χ0n) is 13.6. The third-order valence-electron chi connectivity index (χ3n) is 3.54. The van der Waals surface area contributed by atoms with Crippen LogP contribution in [0.5, 0.6) is 0 Å². The minimum atomic E-state index is -3.57. The van der Waals surface area contributed by atoms with Crippen molar-refractivity contribution in [1.29, 1.82) is 0 Å². The lowest BCUT2D eigenvalue weighted by molar-refractivity contribution is 0.102. The molecule has 1 rings (SSSR count). The zero-order valence-corrected chi connectivity index (χ0v) is 15.2. The van der Waals surface area contributed by atoms with Gasteiger partial charge in [-0.25, -0.2) is 3.63 Å². The first-order valence-corrected chi connectivity index (χ1v) is 11.3. The highest BCUT2D eigenvalue weighted by Gasteiger charge is 2.30. The lowest BCUT2D eigenvalue weighted by Gasteiger charge is -2.35. The van der Waals surface area contributed by atoms with E-state index >= 15 is 0 Å². The van der Waals surface area contributed by atoms with Crippen molar-refractivity contribution in [3.8, 4) is 0 Å². The second kappa shape index (κ2) is 8.70. The van der Waals surface area contributed by atoms with Gasteiger partial charge in [0.05, 0.1) is 11.5 Å². The first kappa shape index (κ1) is 19.2. The van der Waals surface area contributed by atoms with Crippen molar-refractivity contribution in [2.75, 3.05) is 23.0 Å². The van der Waals surface area contributed by atoms with E-state index in [2.05, 4.69) is 0 Å². The van der Waals surface area contributed by atoms with Gasteiger partial charge in [-0.15, -0.1) is 10.3 Å². The van der Waals surface area contributed by atoms with E-state index in [4.69, 9.17) is 3.63 Å². The number of hydrogen-bond donors (Lipinski definition) is 0. The molecule has 1 aromatic carbocycles. The molecule has 126 valence electrons. The minimum Gasteiger partial charge on any atom is -0.293 e. The second-order valence-electron chi connectivity index (χ2n) is 5.16. The second-order valence-corrected chi connectivity index (χ2v) is 10.6. The summed E-state index contributed by atoms with van der Waals surface area (Å²) in [6.45, 7) is 5.73. The fourth-order valence-corrected chi connectivity index (χ4v) is 7.15. The molecule has 0 heterocycles. The first-order valence-electron chi connectivity index (χ1n) is 7.66. The number of benzene rings is 1. The highest BCUT2D eigenvalue weighted by molar-refractivity contribution is 8.33. The maximum absolute atomic E-state index is 12.4. The molecule has 4 nitrogen and oxygen atoms in total. The Bertz CT molecular complexity index is 563. The number of carbonyl (C=O) groups is 1. The predicted octanol–water partition coefficient (Wildman–Crippen LogP) is 3.78. The standard InChI is InChI=1S/C16H26O4S2/c1-4-7-13-22(18,19)20-21(5-2,6-3)14-16(17)15-11-9-8-10-12-15/h8-12H,4-7,13-14H2,1-3H3. The Balaban J connectivity index is 2.89. The summed E-state index contributed by atoms with van der Waals surface area (Å²) in [6, 6.07) is 8.97. The summed E-state index contributed by atoms with van der Waals surface area (Å²) < 4.78 is 29.8. The number of rotatable bonds is 10. The van der Waals surface area contributed by atoms with Crippen LogP contribution in [0, 0.1) is 0 Å². The Morgan fingerprint density at radius 3 is 2.14 bits per heavy atom. The van der Waals surface area contributed by atoms with Crippen LogP contribution in [0.15, 0.2) is 30.3 Å².